The van der Waals surface area contributed by atoms with Crippen LogP contribution < -0.4 is 4.90 Å². The molecule has 0 saturated heterocycles. The molecule has 3 heterocycles. The predicted octanol–water partition coefficient (Wildman–Crippen LogP) is 4.17. The first kappa shape index (κ1) is 15.9. The molecule has 3 aromatic rings. The van der Waals surface area contributed by atoms with Crippen molar-refractivity contribution in [2.75, 3.05) is 11.4 Å². The fourth-order valence-electron chi connectivity index (χ4n) is 3.60. The summed E-state index contributed by atoms with van der Waals surface area (Å²) in [5.74, 6) is 1.12. The quantitative estimate of drug-likeness (QED) is 0.668. The molecule has 0 amide bonds. The molecule has 120 valence electrons. The fraction of sp³-hybridized carbons (Fsp3) is 0.316. The molecule has 0 N–H and O–H groups in total. The van der Waals surface area contributed by atoms with Crippen LogP contribution in [0.15, 0.2) is 36.5 Å². The Morgan fingerprint density at radius 1 is 1.04 bits per heavy atom. The standard InChI is InChI=1S/C19H21N3.ClH/c1-13-14(2)21(3)18-17(13)8-10-20-19(18)22-11-9-15-6-4-5-7-16(15)12-22;/h4-8,10H,9,11-12H2,1-3H3;1H. The molecule has 2 aromatic heterocycles. The second kappa shape index (κ2) is 5.89. The maximum atomic E-state index is 4.72. The number of aryl methyl sites for hydroxylation is 2. The zero-order valence-electron chi connectivity index (χ0n) is 13.8. The summed E-state index contributed by atoms with van der Waals surface area (Å²) in [5, 5.41) is 1.32. The van der Waals surface area contributed by atoms with E-state index < -0.39 is 0 Å². The van der Waals surface area contributed by atoms with Gasteiger partial charge in [-0.1, -0.05) is 24.3 Å². The third-order valence-electron chi connectivity index (χ3n) is 5.12. The van der Waals surface area contributed by atoms with Crippen LogP contribution in [0.4, 0.5) is 5.82 Å². The van der Waals surface area contributed by atoms with Gasteiger partial charge in [-0.15, -0.1) is 12.4 Å². The van der Waals surface area contributed by atoms with Crippen molar-refractivity contribution in [2.24, 2.45) is 7.05 Å². The first-order valence-electron chi connectivity index (χ1n) is 7.89. The molecule has 0 aliphatic carbocycles. The Balaban J connectivity index is 0.00000156. The van der Waals surface area contributed by atoms with Gasteiger partial charge < -0.3 is 9.47 Å². The summed E-state index contributed by atoms with van der Waals surface area (Å²) in [6.07, 6.45) is 3.04. The van der Waals surface area contributed by atoms with Gasteiger partial charge in [0.1, 0.15) is 0 Å². The summed E-state index contributed by atoms with van der Waals surface area (Å²) in [6.45, 7) is 6.37. The van der Waals surface area contributed by atoms with Crippen LogP contribution in [0.2, 0.25) is 0 Å². The summed E-state index contributed by atoms with van der Waals surface area (Å²) < 4.78 is 2.29. The average molecular weight is 328 g/mol. The number of benzene rings is 1. The van der Waals surface area contributed by atoms with Crippen LogP contribution in [0.1, 0.15) is 22.4 Å². The van der Waals surface area contributed by atoms with Gasteiger partial charge in [0.2, 0.25) is 0 Å². The van der Waals surface area contributed by atoms with E-state index in [4.69, 9.17) is 4.98 Å². The second-order valence-electron chi connectivity index (χ2n) is 6.24. The van der Waals surface area contributed by atoms with Crippen molar-refractivity contribution < 1.29 is 0 Å². The normalized spacial score (nSPS) is 13.8. The highest BCUT2D eigenvalue weighted by molar-refractivity contribution is 5.93. The summed E-state index contributed by atoms with van der Waals surface area (Å²) in [6, 6.07) is 10.9. The van der Waals surface area contributed by atoms with Crippen molar-refractivity contribution >= 4 is 29.1 Å². The van der Waals surface area contributed by atoms with Crippen LogP contribution in [0, 0.1) is 13.8 Å². The maximum absolute atomic E-state index is 4.72. The van der Waals surface area contributed by atoms with E-state index in [9.17, 15) is 0 Å². The largest absolute Gasteiger partial charge is 0.350 e. The SMILES string of the molecule is Cc1c(C)n(C)c2c(N3CCc4ccccc4C3)nccc12.Cl. The Morgan fingerprint density at radius 2 is 1.78 bits per heavy atom. The van der Waals surface area contributed by atoms with Crippen LogP contribution in [0.3, 0.4) is 0 Å². The van der Waals surface area contributed by atoms with Gasteiger partial charge in [-0.05, 0) is 43.0 Å². The fourth-order valence-corrected chi connectivity index (χ4v) is 3.60. The molecule has 0 fully saturated rings. The Bertz CT molecular complexity index is 866. The molecule has 0 radical (unpaired) electrons. The number of nitrogens with zero attached hydrogens (tertiary/aromatic N) is 3. The van der Waals surface area contributed by atoms with Gasteiger partial charge in [0.25, 0.3) is 0 Å². The zero-order valence-corrected chi connectivity index (χ0v) is 14.7. The molecule has 1 aliphatic heterocycles. The van der Waals surface area contributed by atoms with E-state index in [0.29, 0.717) is 0 Å². The highest BCUT2D eigenvalue weighted by atomic mass is 35.5. The maximum Gasteiger partial charge on any atom is 0.153 e. The number of rotatable bonds is 1. The molecule has 0 unspecified atom stereocenters. The summed E-state index contributed by atoms with van der Waals surface area (Å²) >= 11 is 0. The number of hydrogen-bond acceptors (Lipinski definition) is 2. The van der Waals surface area contributed by atoms with Crippen molar-refractivity contribution in [3.63, 3.8) is 0 Å². The Morgan fingerprint density at radius 3 is 2.57 bits per heavy atom. The summed E-state index contributed by atoms with van der Waals surface area (Å²) in [7, 11) is 2.15. The molecule has 3 nitrogen and oxygen atoms in total. The minimum atomic E-state index is 0. The van der Waals surface area contributed by atoms with Crippen LogP contribution >= 0.6 is 12.4 Å². The van der Waals surface area contributed by atoms with Gasteiger partial charge in [0.05, 0.1) is 5.52 Å². The Labute approximate surface area is 143 Å². The number of fused-ring (bicyclic) bond motifs is 2. The monoisotopic (exact) mass is 327 g/mol. The molecular weight excluding hydrogens is 306 g/mol. The van der Waals surface area contributed by atoms with Gasteiger partial charge in [0, 0.05) is 37.4 Å². The minimum Gasteiger partial charge on any atom is -0.350 e. The Kier molecular flexibility index (Phi) is 4.07. The van der Waals surface area contributed by atoms with E-state index in [2.05, 4.69) is 60.7 Å². The molecule has 23 heavy (non-hydrogen) atoms. The lowest BCUT2D eigenvalue weighted by Gasteiger charge is -2.30. The Hall–Kier alpha value is -2.00. The van der Waals surface area contributed by atoms with E-state index >= 15 is 0 Å². The van der Waals surface area contributed by atoms with E-state index in [1.165, 1.54) is 33.3 Å². The van der Waals surface area contributed by atoms with Crippen molar-refractivity contribution in [3.8, 4) is 0 Å². The third-order valence-corrected chi connectivity index (χ3v) is 5.12. The number of halogens is 1. The lowest BCUT2D eigenvalue weighted by molar-refractivity contribution is 0.721. The highest BCUT2D eigenvalue weighted by Crippen LogP contribution is 2.32. The van der Waals surface area contributed by atoms with Crippen LogP contribution in [-0.2, 0) is 20.0 Å². The number of aromatic nitrogens is 2. The van der Waals surface area contributed by atoms with Crippen LogP contribution in [0.25, 0.3) is 10.9 Å². The van der Waals surface area contributed by atoms with E-state index in [-0.39, 0.29) is 12.4 Å². The topological polar surface area (TPSA) is 21.1 Å². The average Bonchev–Trinajstić information content (AvgIpc) is 2.79. The zero-order chi connectivity index (χ0) is 15.3. The van der Waals surface area contributed by atoms with Gasteiger partial charge in [0.15, 0.2) is 5.82 Å². The lowest BCUT2D eigenvalue weighted by atomic mass is 10.00. The molecule has 0 atom stereocenters. The van der Waals surface area contributed by atoms with Gasteiger partial charge >= 0.3 is 0 Å². The summed E-state index contributed by atoms with van der Waals surface area (Å²) in [5.41, 5.74) is 6.84. The number of hydrogen-bond donors (Lipinski definition) is 0. The molecule has 4 heteroatoms. The second-order valence-corrected chi connectivity index (χ2v) is 6.24. The number of pyridine rings is 1. The smallest absolute Gasteiger partial charge is 0.153 e. The van der Waals surface area contributed by atoms with Crippen molar-refractivity contribution in [1.29, 1.82) is 0 Å². The highest BCUT2D eigenvalue weighted by Gasteiger charge is 2.21. The third kappa shape index (κ3) is 2.40. The predicted molar refractivity (Wildman–Crippen MR) is 98.6 cm³/mol. The van der Waals surface area contributed by atoms with Crippen molar-refractivity contribution in [2.45, 2.75) is 26.8 Å². The van der Waals surface area contributed by atoms with E-state index in [0.717, 1.165) is 25.3 Å². The van der Waals surface area contributed by atoms with Crippen LogP contribution in [0.5, 0.6) is 0 Å². The first-order chi connectivity index (χ1) is 10.7. The van der Waals surface area contributed by atoms with E-state index in [1.807, 2.05) is 6.20 Å². The van der Waals surface area contributed by atoms with Gasteiger partial charge in [-0.25, -0.2) is 4.98 Å². The molecule has 0 spiro atoms. The van der Waals surface area contributed by atoms with E-state index in [1.54, 1.807) is 0 Å². The van der Waals surface area contributed by atoms with Crippen molar-refractivity contribution in [1.82, 2.24) is 9.55 Å². The summed E-state index contributed by atoms with van der Waals surface area (Å²) in [4.78, 5) is 7.14. The minimum absolute atomic E-state index is 0. The molecule has 0 saturated carbocycles. The van der Waals surface area contributed by atoms with Crippen LogP contribution in [-0.4, -0.2) is 16.1 Å². The van der Waals surface area contributed by atoms with Gasteiger partial charge in [-0.2, -0.15) is 0 Å². The molecule has 4 rings (SSSR count). The molecule has 1 aliphatic rings. The number of anilines is 1. The first-order valence-corrected chi connectivity index (χ1v) is 7.89. The molecule has 1 aromatic carbocycles. The lowest BCUT2D eigenvalue weighted by Crippen LogP contribution is -2.31. The molecule has 0 bridgehead atoms. The molecular formula is C19H22ClN3. The van der Waals surface area contributed by atoms with Gasteiger partial charge in [-0.3, -0.25) is 0 Å². The van der Waals surface area contributed by atoms with Crippen molar-refractivity contribution in [3.05, 3.63) is 58.9 Å².